The minimum absolute atomic E-state index is 0.0271. The molecular weight excluding hydrogens is 512 g/mol. The van der Waals surface area contributed by atoms with E-state index in [0.717, 1.165) is 17.5 Å². The number of fused-ring (bicyclic) bond motifs is 3. The van der Waals surface area contributed by atoms with Crippen LogP contribution >= 0.6 is 0 Å². The molecule has 4 unspecified atom stereocenters. The molecule has 0 aromatic heterocycles. The molecule has 40 heavy (non-hydrogen) atoms. The van der Waals surface area contributed by atoms with Gasteiger partial charge in [0.15, 0.2) is 0 Å². The Morgan fingerprint density at radius 1 is 1.18 bits per heavy atom. The number of rotatable bonds is 13. The molecule has 2 aliphatic heterocycles. The summed E-state index contributed by atoms with van der Waals surface area (Å²) in [5.41, 5.74) is 2.70. The summed E-state index contributed by atoms with van der Waals surface area (Å²) >= 11 is 0. The molecule has 0 N–H and O–H groups in total. The second kappa shape index (κ2) is 14.4. The molecule has 9 heteroatoms. The third-order valence-corrected chi connectivity index (χ3v) is 7.69. The van der Waals surface area contributed by atoms with Gasteiger partial charge in [0.05, 0.1) is 45.9 Å². The summed E-state index contributed by atoms with van der Waals surface area (Å²) < 4.78 is 27.5. The average molecular weight is 557 g/mol. The largest absolute Gasteiger partial charge is 0.499 e. The fraction of sp³-hybridized carbons (Fsp3) is 0.548. The number of methoxy groups -OCH3 is 5. The molecule has 2 heterocycles. The zero-order chi connectivity index (χ0) is 29.4. The highest BCUT2D eigenvalue weighted by Gasteiger charge is 2.49. The van der Waals surface area contributed by atoms with Gasteiger partial charge in [0, 0.05) is 32.4 Å². The highest BCUT2D eigenvalue weighted by molar-refractivity contribution is 5.91. The van der Waals surface area contributed by atoms with Gasteiger partial charge in [-0.15, -0.1) is 6.58 Å². The average Bonchev–Trinajstić information content (AvgIpc) is 2.96. The van der Waals surface area contributed by atoms with E-state index in [1.807, 2.05) is 37.0 Å². The number of allylic oxidation sites excluding steroid dienone is 1. The minimum atomic E-state index is -0.543. The van der Waals surface area contributed by atoms with Crippen LogP contribution in [0.2, 0.25) is 0 Å². The van der Waals surface area contributed by atoms with Crippen LogP contribution in [-0.2, 0) is 30.2 Å². The Morgan fingerprint density at radius 3 is 2.50 bits per heavy atom. The lowest BCUT2D eigenvalue weighted by Crippen LogP contribution is -2.65. The molecule has 0 bridgehead atoms. The van der Waals surface area contributed by atoms with Crippen LogP contribution in [0.3, 0.4) is 0 Å². The van der Waals surface area contributed by atoms with Crippen molar-refractivity contribution in [3.05, 3.63) is 59.4 Å². The molecule has 1 aromatic carbocycles. The van der Waals surface area contributed by atoms with E-state index < -0.39 is 12.1 Å². The third-order valence-electron chi connectivity index (χ3n) is 7.69. The number of hydrogen-bond donors (Lipinski definition) is 0. The fourth-order valence-corrected chi connectivity index (χ4v) is 5.83. The van der Waals surface area contributed by atoms with Crippen LogP contribution in [0.5, 0.6) is 11.5 Å². The van der Waals surface area contributed by atoms with Crippen molar-refractivity contribution in [2.75, 3.05) is 48.7 Å². The first-order valence-electron chi connectivity index (χ1n) is 13.7. The molecule has 4 atom stereocenters. The molecule has 0 radical (unpaired) electrons. The summed E-state index contributed by atoms with van der Waals surface area (Å²) in [5, 5.41) is 0. The molecule has 3 rings (SSSR count). The topological polar surface area (TPSA) is 86.8 Å². The monoisotopic (exact) mass is 556 g/mol. The van der Waals surface area contributed by atoms with Gasteiger partial charge in [-0.3, -0.25) is 9.59 Å². The van der Waals surface area contributed by atoms with Gasteiger partial charge in [-0.1, -0.05) is 19.4 Å². The zero-order valence-electron chi connectivity index (χ0n) is 24.9. The third kappa shape index (κ3) is 6.53. The minimum Gasteiger partial charge on any atom is -0.499 e. The van der Waals surface area contributed by atoms with Crippen LogP contribution in [0.4, 0.5) is 0 Å². The fourth-order valence-electron chi connectivity index (χ4n) is 5.83. The number of nitrogens with zero attached hydrogens (tertiary/aromatic N) is 2. The molecule has 2 aliphatic rings. The summed E-state index contributed by atoms with van der Waals surface area (Å²) in [5.74, 6) is 1.76. The number of ether oxygens (including phenoxy) is 5. The van der Waals surface area contributed by atoms with Crippen LogP contribution in [0, 0.1) is 0 Å². The normalized spacial score (nSPS) is 21.9. The molecule has 220 valence electrons. The van der Waals surface area contributed by atoms with Gasteiger partial charge >= 0.3 is 0 Å². The first kappa shape index (κ1) is 31.2. The van der Waals surface area contributed by atoms with Gasteiger partial charge in [0.1, 0.15) is 29.9 Å². The lowest BCUT2D eigenvalue weighted by molar-refractivity contribution is -0.161. The first-order valence-corrected chi connectivity index (χ1v) is 13.7. The van der Waals surface area contributed by atoms with E-state index in [9.17, 15) is 9.59 Å². The van der Waals surface area contributed by atoms with Crippen molar-refractivity contribution in [1.29, 1.82) is 0 Å². The highest BCUT2D eigenvalue weighted by Crippen LogP contribution is 2.45. The Bertz CT molecular complexity index is 1110. The maximum Gasteiger partial charge on any atom is 0.245 e. The van der Waals surface area contributed by atoms with Gasteiger partial charge in [-0.05, 0) is 49.1 Å². The van der Waals surface area contributed by atoms with Crippen molar-refractivity contribution >= 4 is 11.8 Å². The summed E-state index contributed by atoms with van der Waals surface area (Å²) in [7, 11) is 7.97. The van der Waals surface area contributed by atoms with E-state index in [0.29, 0.717) is 42.2 Å². The van der Waals surface area contributed by atoms with Crippen molar-refractivity contribution in [2.24, 2.45) is 0 Å². The van der Waals surface area contributed by atoms with Crippen molar-refractivity contribution in [1.82, 2.24) is 9.80 Å². The SMILES string of the molecule is C=CC(/C=C(\C=C(/COC)OC)CC(=O)N1C(CCC)C(=O)N2CCc3cc(OC)cc(OC)c3C2C1C)OC. The first-order chi connectivity index (χ1) is 19.3. The van der Waals surface area contributed by atoms with Crippen molar-refractivity contribution in [3.63, 3.8) is 0 Å². The number of hydrogen-bond acceptors (Lipinski definition) is 7. The maximum absolute atomic E-state index is 14.2. The van der Waals surface area contributed by atoms with Crippen LogP contribution in [-0.4, -0.2) is 88.5 Å². The quantitative estimate of drug-likeness (QED) is 0.204. The summed E-state index contributed by atoms with van der Waals surface area (Å²) in [4.78, 5) is 31.9. The van der Waals surface area contributed by atoms with E-state index in [1.165, 1.54) is 0 Å². The predicted molar refractivity (Wildman–Crippen MR) is 153 cm³/mol. The van der Waals surface area contributed by atoms with Gasteiger partial charge in [0.25, 0.3) is 0 Å². The Morgan fingerprint density at radius 2 is 1.93 bits per heavy atom. The summed E-state index contributed by atoms with van der Waals surface area (Å²) in [6.45, 7) is 8.72. The highest BCUT2D eigenvalue weighted by atomic mass is 16.5. The molecule has 0 saturated carbocycles. The maximum atomic E-state index is 14.2. The lowest BCUT2D eigenvalue weighted by Gasteiger charge is -2.52. The Balaban J connectivity index is 2.07. The molecular formula is C31H44N2O7. The Labute approximate surface area is 238 Å². The van der Waals surface area contributed by atoms with Crippen molar-refractivity contribution in [3.8, 4) is 11.5 Å². The van der Waals surface area contributed by atoms with Gasteiger partial charge < -0.3 is 33.5 Å². The number of carbonyl (C=O) groups is 2. The Kier molecular flexibility index (Phi) is 11.2. The lowest BCUT2D eigenvalue weighted by atomic mass is 9.83. The van der Waals surface area contributed by atoms with Crippen LogP contribution < -0.4 is 9.47 Å². The van der Waals surface area contributed by atoms with Crippen molar-refractivity contribution < 1.29 is 33.3 Å². The van der Waals surface area contributed by atoms with Crippen LogP contribution in [0.1, 0.15) is 50.3 Å². The van der Waals surface area contributed by atoms with Crippen LogP contribution in [0.25, 0.3) is 0 Å². The van der Waals surface area contributed by atoms with E-state index >= 15 is 0 Å². The Hall–Kier alpha value is -3.30. The number of piperazine rings is 1. The predicted octanol–water partition coefficient (Wildman–Crippen LogP) is 4.22. The van der Waals surface area contributed by atoms with E-state index in [1.54, 1.807) is 52.6 Å². The molecule has 0 spiro atoms. The molecule has 2 amide bonds. The molecule has 1 saturated heterocycles. The molecule has 9 nitrogen and oxygen atoms in total. The standard InChI is InChI=1S/C31H44N2O7/c1-9-11-26-31(35)32-13-12-22-17-24(38-6)18-27(40-8)29(22)30(32)20(3)33(26)28(34)16-21(14-23(10-2)37-5)15-25(39-7)19-36-4/h10,14-15,17-18,20,23,26,30H,2,9,11-13,16,19H2,1,3-8H3/b21-14+,25-15+. The van der Waals surface area contributed by atoms with E-state index in [4.69, 9.17) is 23.7 Å². The van der Waals surface area contributed by atoms with Gasteiger partial charge in [0.2, 0.25) is 11.8 Å². The molecule has 0 aliphatic carbocycles. The summed E-state index contributed by atoms with van der Waals surface area (Å²) in [6.07, 6.45) is 7.00. The number of carbonyl (C=O) groups excluding carboxylic acids is 2. The van der Waals surface area contributed by atoms with Crippen molar-refractivity contribution in [2.45, 2.75) is 63.8 Å². The van der Waals surface area contributed by atoms with Gasteiger partial charge in [-0.25, -0.2) is 0 Å². The summed E-state index contributed by atoms with van der Waals surface area (Å²) in [6, 6.07) is 2.69. The second-order valence-electron chi connectivity index (χ2n) is 10.1. The van der Waals surface area contributed by atoms with Crippen LogP contribution in [0.15, 0.2) is 48.3 Å². The second-order valence-corrected chi connectivity index (χ2v) is 10.1. The van der Waals surface area contributed by atoms with Gasteiger partial charge in [-0.2, -0.15) is 0 Å². The number of benzene rings is 1. The number of amides is 2. The molecule has 1 aromatic rings. The smallest absolute Gasteiger partial charge is 0.245 e. The zero-order valence-corrected chi connectivity index (χ0v) is 24.9. The van der Waals surface area contributed by atoms with E-state index in [-0.39, 0.29) is 36.9 Å². The van der Waals surface area contributed by atoms with E-state index in [2.05, 4.69) is 6.58 Å². The molecule has 1 fully saturated rings.